The molecular weight excluding hydrogens is 366 g/mol. The molecule has 2 aliphatic rings. The van der Waals surface area contributed by atoms with Crippen molar-refractivity contribution in [2.75, 3.05) is 10.2 Å². The van der Waals surface area contributed by atoms with Crippen LogP contribution in [0.4, 0.5) is 11.5 Å². The van der Waals surface area contributed by atoms with Crippen molar-refractivity contribution in [2.24, 2.45) is 5.73 Å². The number of piperidine rings is 1. The van der Waals surface area contributed by atoms with Crippen molar-refractivity contribution in [3.05, 3.63) is 47.9 Å². The third kappa shape index (κ3) is 2.86. The number of carbonyl (C=O) groups is 1. The fourth-order valence-electron chi connectivity index (χ4n) is 4.89. The number of fused-ring (bicyclic) bond motifs is 3. The van der Waals surface area contributed by atoms with Crippen molar-refractivity contribution in [3.8, 4) is 6.07 Å². The summed E-state index contributed by atoms with van der Waals surface area (Å²) in [5, 5.41) is 13.9. The van der Waals surface area contributed by atoms with Gasteiger partial charge >= 0.3 is 0 Å². The lowest BCUT2D eigenvalue weighted by atomic mass is 9.96. The first-order valence-electron chi connectivity index (χ1n) is 9.81. The predicted molar refractivity (Wildman–Crippen MR) is 109 cm³/mol. The number of pyridine rings is 2. The van der Waals surface area contributed by atoms with Crippen LogP contribution in [0.2, 0.25) is 0 Å². The molecular formula is C21H21N7O. The number of nitrogens with one attached hydrogen (secondary N) is 2. The van der Waals surface area contributed by atoms with Gasteiger partial charge in [-0.2, -0.15) is 5.26 Å². The van der Waals surface area contributed by atoms with Crippen molar-refractivity contribution in [1.82, 2.24) is 15.0 Å². The fraction of sp³-hybridized carbons (Fsp3) is 0.333. The molecule has 3 aromatic rings. The van der Waals surface area contributed by atoms with E-state index in [-0.39, 0.29) is 6.04 Å². The van der Waals surface area contributed by atoms with E-state index in [4.69, 9.17) is 5.73 Å². The molecule has 1 amide bonds. The minimum absolute atomic E-state index is 0.205. The summed E-state index contributed by atoms with van der Waals surface area (Å²) in [4.78, 5) is 26.2. The summed E-state index contributed by atoms with van der Waals surface area (Å²) in [5.41, 5.74) is 8.10. The number of amides is 1. The fourth-order valence-corrected chi connectivity index (χ4v) is 4.89. The number of hydrogen-bond acceptors (Lipinski definition) is 6. The molecule has 2 bridgehead atoms. The summed E-state index contributed by atoms with van der Waals surface area (Å²) < 4.78 is 0. The van der Waals surface area contributed by atoms with Gasteiger partial charge in [0.15, 0.2) is 0 Å². The van der Waals surface area contributed by atoms with Crippen LogP contribution < -0.4 is 16.0 Å². The van der Waals surface area contributed by atoms with Gasteiger partial charge < -0.3 is 20.9 Å². The van der Waals surface area contributed by atoms with Crippen LogP contribution in [0.3, 0.4) is 0 Å². The number of rotatable bonds is 4. The molecule has 4 N–H and O–H groups in total. The molecule has 2 saturated heterocycles. The van der Waals surface area contributed by atoms with Crippen LogP contribution in [0.25, 0.3) is 11.0 Å². The molecule has 2 unspecified atom stereocenters. The van der Waals surface area contributed by atoms with Crippen molar-refractivity contribution >= 4 is 28.4 Å². The average Bonchev–Trinajstić information content (AvgIpc) is 3.30. The highest BCUT2D eigenvalue weighted by Gasteiger charge is 2.42. The lowest BCUT2D eigenvalue weighted by Crippen LogP contribution is -2.47. The normalized spacial score (nSPS) is 23.1. The Morgan fingerprint density at radius 1 is 1.28 bits per heavy atom. The number of nitrogens with two attached hydrogens (primary N) is 1. The monoisotopic (exact) mass is 387 g/mol. The Kier molecular flexibility index (Phi) is 4.09. The van der Waals surface area contributed by atoms with Gasteiger partial charge in [-0.05, 0) is 43.9 Å². The molecule has 0 spiro atoms. The smallest absolute Gasteiger partial charge is 0.252 e. The summed E-state index contributed by atoms with van der Waals surface area (Å²) >= 11 is 0. The van der Waals surface area contributed by atoms with E-state index in [9.17, 15) is 10.1 Å². The standard InChI is InChI=1S/C21H21N7O/c22-10-12-2-1-6-25-21(12)28-14-3-4-15(28)9-13(8-14)27-18-16-5-7-24-20(16)26-11-17(18)19(23)29/h1-2,5-7,11,13-15H,3-4,8-9H2,(H2,23,29)(H2,24,26,27). The molecule has 5 rings (SSSR count). The second-order valence-electron chi connectivity index (χ2n) is 7.74. The molecule has 0 aliphatic carbocycles. The number of nitriles is 1. The number of hydrogen-bond donors (Lipinski definition) is 3. The number of anilines is 2. The van der Waals surface area contributed by atoms with E-state index < -0.39 is 5.91 Å². The average molecular weight is 387 g/mol. The van der Waals surface area contributed by atoms with E-state index in [2.05, 4.69) is 31.2 Å². The third-order valence-electron chi connectivity index (χ3n) is 6.09. The molecule has 0 radical (unpaired) electrons. The Morgan fingerprint density at radius 2 is 2.07 bits per heavy atom. The van der Waals surface area contributed by atoms with Crippen LogP contribution in [0, 0.1) is 11.3 Å². The zero-order valence-corrected chi connectivity index (χ0v) is 15.8. The van der Waals surface area contributed by atoms with E-state index >= 15 is 0 Å². The maximum Gasteiger partial charge on any atom is 0.252 e. The van der Waals surface area contributed by atoms with Gasteiger partial charge in [-0.3, -0.25) is 4.79 Å². The maximum atomic E-state index is 12.0. The SMILES string of the molecule is N#Cc1cccnc1N1C2CCC1CC(Nc1c(C(N)=O)cnc3[nH]ccc13)C2. The third-order valence-corrected chi connectivity index (χ3v) is 6.09. The molecule has 146 valence electrons. The van der Waals surface area contributed by atoms with Gasteiger partial charge in [-0.15, -0.1) is 0 Å². The van der Waals surface area contributed by atoms with Crippen LogP contribution in [-0.2, 0) is 0 Å². The highest BCUT2D eigenvalue weighted by Crippen LogP contribution is 2.41. The molecule has 8 heteroatoms. The van der Waals surface area contributed by atoms with Crippen LogP contribution in [0.15, 0.2) is 36.8 Å². The first kappa shape index (κ1) is 17.5. The summed E-state index contributed by atoms with van der Waals surface area (Å²) in [6.07, 6.45) is 9.05. The highest BCUT2D eigenvalue weighted by molar-refractivity contribution is 6.06. The van der Waals surface area contributed by atoms with Crippen LogP contribution >= 0.6 is 0 Å². The van der Waals surface area contributed by atoms with E-state index in [0.29, 0.717) is 23.2 Å². The van der Waals surface area contributed by atoms with Gasteiger partial charge in [0.2, 0.25) is 0 Å². The Morgan fingerprint density at radius 3 is 2.79 bits per heavy atom. The summed E-state index contributed by atoms with van der Waals surface area (Å²) in [6.45, 7) is 0. The van der Waals surface area contributed by atoms with E-state index in [1.54, 1.807) is 12.3 Å². The number of aromatic nitrogens is 3. The maximum absolute atomic E-state index is 12.0. The Balaban J connectivity index is 1.44. The van der Waals surface area contributed by atoms with Gasteiger partial charge in [0.25, 0.3) is 5.91 Å². The first-order chi connectivity index (χ1) is 14.2. The lowest BCUT2D eigenvalue weighted by molar-refractivity contribution is 0.100. The molecule has 0 saturated carbocycles. The molecule has 5 heterocycles. The zero-order valence-electron chi connectivity index (χ0n) is 15.8. The van der Waals surface area contributed by atoms with E-state index in [1.807, 2.05) is 18.3 Å². The van der Waals surface area contributed by atoms with Gasteiger partial charge in [-0.1, -0.05) is 0 Å². The van der Waals surface area contributed by atoms with Gasteiger partial charge in [0.1, 0.15) is 17.5 Å². The number of primary amides is 1. The van der Waals surface area contributed by atoms with E-state index in [1.165, 1.54) is 6.20 Å². The summed E-state index contributed by atoms with van der Waals surface area (Å²) in [6, 6.07) is 8.64. The minimum atomic E-state index is -0.490. The number of carbonyl (C=O) groups excluding carboxylic acids is 1. The molecule has 3 aromatic heterocycles. The highest BCUT2D eigenvalue weighted by atomic mass is 16.1. The van der Waals surface area contributed by atoms with Crippen LogP contribution in [0.1, 0.15) is 41.6 Å². The van der Waals surface area contributed by atoms with Gasteiger partial charge in [0.05, 0.1) is 16.8 Å². The van der Waals surface area contributed by atoms with Crippen molar-refractivity contribution < 1.29 is 4.79 Å². The lowest BCUT2D eigenvalue weighted by Gasteiger charge is -2.40. The molecule has 0 aromatic carbocycles. The summed E-state index contributed by atoms with van der Waals surface area (Å²) in [7, 11) is 0. The second kappa shape index (κ2) is 6.78. The quantitative estimate of drug-likeness (QED) is 0.632. The predicted octanol–water partition coefficient (Wildman–Crippen LogP) is 2.54. The number of H-pyrrole nitrogens is 1. The largest absolute Gasteiger partial charge is 0.381 e. The molecule has 29 heavy (non-hydrogen) atoms. The Labute approximate surface area is 167 Å². The van der Waals surface area contributed by atoms with Crippen LogP contribution in [0.5, 0.6) is 0 Å². The number of aromatic amines is 1. The molecule has 2 atom stereocenters. The second-order valence-corrected chi connectivity index (χ2v) is 7.74. The molecule has 8 nitrogen and oxygen atoms in total. The number of nitrogens with zero attached hydrogens (tertiary/aromatic N) is 4. The topological polar surface area (TPSA) is 124 Å². The minimum Gasteiger partial charge on any atom is -0.381 e. The van der Waals surface area contributed by atoms with E-state index in [0.717, 1.165) is 48.2 Å². The Bertz CT molecular complexity index is 1120. The van der Waals surface area contributed by atoms with Crippen molar-refractivity contribution in [2.45, 2.75) is 43.8 Å². The van der Waals surface area contributed by atoms with Crippen molar-refractivity contribution in [1.29, 1.82) is 5.26 Å². The Hall–Kier alpha value is -3.60. The molecule has 2 fully saturated rings. The molecule has 2 aliphatic heterocycles. The van der Waals surface area contributed by atoms with Crippen LogP contribution in [-0.4, -0.2) is 39.0 Å². The summed E-state index contributed by atoms with van der Waals surface area (Å²) in [5.74, 6) is 0.298. The van der Waals surface area contributed by atoms with Gasteiger partial charge in [-0.25, -0.2) is 9.97 Å². The zero-order chi connectivity index (χ0) is 20.0. The first-order valence-corrected chi connectivity index (χ1v) is 9.81. The van der Waals surface area contributed by atoms with Crippen molar-refractivity contribution in [3.63, 3.8) is 0 Å². The van der Waals surface area contributed by atoms with Gasteiger partial charge in [0, 0.05) is 42.1 Å².